The molecule has 0 bridgehead atoms. The predicted molar refractivity (Wildman–Crippen MR) is 85.6 cm³/mol. The van der Waals surface area contributed by atoms with Crippen molar-refractivity contribution < 1.29 is 4.39 Å². The van der Waals surface area contributed by atoms with Crippen molar-refractivity contribution >= 4 is 11.8 Å². The van der Waals surface area contributed by atoms with E-state index in [9.17, 15) is 4.39 Å². The van der Waals surface area contributed by atoms with Crippen molar-refractivity contribution in [2.24, 2.45) is 0 Å². The van der Waals surface area contributed by atoms with Gasteiger partial charge in [0.25, 0.3) is 0 Å². The summed E-state index contributed by atoms with van der Waals surface area (Å²) in [7, 11) is 2.06. The molecule has 1 unspecified atom stereocenters. The topological polar surface area (TPSA) is 15.3 Å². The highest BCUT2D eigenvalue weighted by Crippen LogP contribution is 2.20. The molecule has 1 atom stereocenters. The minimum atomic E-state index is -0.0941. The predicted octanol–water partition coefficient (Wildman–Crippen LogP) is 3.26. The molecule has 1 aliphatic rings. The fourth-order valence-corrected chi connectivity index (χ4v) is 2.94. The van der Waals surface area contributed by atoms with E-state index in [0.29, 0.717) is 18.6 Å². The number of thioether (sulfide) groups is 1. The molecule has 2 nitrogen and oxygen atoms in total. The van der Waals surface area contributed by atoms with Crippen LogP contribution in [0.5, 0.6) is 0 Å². The quantitative estimate of drug-likeness (QED) is 0.792. The van der Waals surface area contributed by atoms with E-state index < -0.39 is 0 Å². The molecule has 0 aliphatic heterocycles. The first-order chi connectivity index (χ1) is 9.60. The number of nitrogens with zero attached hydrogens (tertiary/aromatic N) is 1. The van der Waals surface area contributed by atoms with Crippen LogP contribution in [0.4, 0.5) is 4.39 Å². The molecule has 1 saturated carbocycles. The average molecular weight is 296 g/mol. The van der Waals surface area contributed by atoms with E-state index in [4.69, 9.17) is 0 Å². The first kappa shape index (κ1) is 15.8. The van der Waals surface area contributed by atoms with E-state index in [-0.39, 0.29) is 5.82 Å². The van der Waals surface area contributed by atoms with Gasteiger partial charge in [-0.2, -0.15) is 11.8 Å². The fraction of sp³-hybridized carbons (Fsp3) is 0.625. The van der Waals surface area contributed by atoms with Gasteiger partial charge in [-0.1, -0.05) is 12.1 Å². The van der Waals surface area contributed by atoms with Crippen molar-refractivity contribution in [1.82, 2.24) is 10.2 Å². The zero-order valence-corrected chi connectivity index (χ0v) is 13.5. The Kier molecular flexibility index (Phi) is 5.87. The van der Waals surface area contributed by atoms with Gasteiger partial charge in [-0.05, 0) is 44.7 Å². The van der Waals surface area contributed by atoms with Crippen molar-refractivity contribution in [2.75, 3.05) is 19.1 Å². The second kappa shape index (κ2) is 7.43. The van der Waals surface area contributed by atoms with Crippen LogP contribution < -0.4 is 5.32 Å². The lowest BCUT2D eigenvalue weighted by Crippen LogP contribution is -2.30. The number of nitrogens with one attached hydrogen (secondary N) is 1. The first-order valence-corrected chi connectivity index (χ1v) is 8.69. The average Bonchev–Trinajstić information content (AvgIpc) is 3.24. The van der Waals surface area contributed by atoms with Crippen LogP contribution in [-0.2, 0) is 13.1 Å². The monoisotopic (exact) mass is 296 g/mol. The van der Waals surface area contributed by atoms with E-state index in [1.165, 1.54) is 18.4 Å². The Morgan fingerprint density at radius 3 is 2.85 bits per heavy atom. The molecule has 112 valence electrons. The maximum absolute atomic E-state index is 13.9. The molecule has 1 aromatic carbocycles. The Labute approximate surface area is 126 Å². The smallest absolute Gasteiger partial charge is 0.127 e. The van der Waals surface area contributed by atoms with E-state index >= 15 is 0 Å². The van der Waals surface area contributed by atoms with Gasteiger partial charge in [-0.3, -0.25) is 4.90 Å². The van der Waals surface area contributed by atoms with Gasteiger partial charge in [0.1, 0.15) is 5.82 Å². The van der Waals surface area contributed by atoms with Gasteiger partial charge in [0, 0.05) is 36.5 Å². The van der Waals surface area contributed by atoms with Crippen LogP contribution in [0.15, 0.2) is 18.2 Å². The Hall–Kier alpha value is -0.580. The van der Waals surface area contributed by atoms with Gasteiger partial charge >= 0.3 is 0 Å². The molecule has 1 N–H and O–H groups in total. The molecule has 1 fully saturated rings. The highest BCUT2D eigenvalue weighted by atomic mass is 32.2. The Morgan fingerprint density at radius 2 is 2.20 bits per heavy atom. The lowest BCUT2D eigenvalue weighted by atomic mass is 10.1. The number of benzene rings is 1. The van der Waals surface area contributed by atoms with E-state index in [2.05, 4.69) is 30.4 Å². The molecule has 1 aromatic rings. The third kappa shape index (κ3) is 4.76. The summed E-state index contributed by atoms with van der Waals surface area (Å²) in [5.41, 5.74) is 1.98. The molecule has 0 saturated heterocycles. The number of hydrogen-bond acceptors (Lipinski definition) is 3. The van der Waals surface area contributed by atoms with Crippen molar-refractivity contribution in [3.05, 3.63) is 35.1 Å². The summed E-state index contributed by atoms with van der Waals surface area (Å²) in [5, 5.41) is 3.48. The second-order valence-electron chi connectivity index (χ2n) is 5.80. The minimum Gasteiger partial charge on any atom is -0.310 e. The fourth-order valence-electron chi connectivity index (χ4n) is 2.20. The first-order valence-electron chi connectivity index (χ1n) is 7.30. The molecule has 0 spiro atoms. The van der Waals surface area contributed by atoms with Gasteiger partial charge in [-0.25, -0.2) is 4.39 Å². The van der Waals surface area contributed by atoms with Gasteiger partial charge in [0.15, 0.2) is 0 Å². The standard InChI is InChI=1S/C16H25FN2S/c1-12(11-20-3)19(2)10-14-8-13(4-7-16(14)17)9-18-15-5-6-15/h4,7-8,12,15,18H,5-6,9-11H2,1-3H3. The highest BCUT2D eigenvalue weighted by molar-refractivity contribution is 7.98. The molecular formula is C16H25FN2S. The van der Waals surface area contributed by atoms with Gasteiger partial charge in [0.05, 0.1) is 0 Å². The van der Waals surface area contributed by atoms with Crippen molar-refractivity contribution in [3.63, 3.8) is 0 Å². The summed E-state index contributed by atoms with van der Waals surface area (Å²) < 4.78 is 13.9. The highest BCUT2D eigenvalue weighted by Gasteiger charge is 2.20. The maximum Gasteiger partial charge on any atom is 0.127 e. The number of rotatable bonds is 8. The largest absolute Gasteiger partial charge is 0.310 e. The van der Waals surface area contributed by atoms with Crippen molar-refractivity contribution in [3.8, 4) is 0 Å². The molecule has 2 rings (SSSR count). The van der Waals surface area contributed by atoms with Crippen LogP contribution in [-0.4, -0.2) is 36.0 Å². The molecule has 0 radical (unpaired) electrons. The second-order valence-corrected chi connectivity index (χ2v) is 6.71. The van der Waals surface area contributed by atoms with Crippen LogP contribution >= 0.6 is 11.8 Å². The Bertz CT molecular complexity index is 434. The Balaban J connectivity index is 1.95. The summed E-state index contributed by atoms with van der Waals surface area (Å²) in [6.45, 7) is 3.71. The van der Waals surface area contributed by atoms with Gasteiger partial charge < -0.3 is 5.32 Å². The van der Waals surface area contributed by atoms with Crippen LogP contribution in [0, 0.1) is 5.82 Å². The summed E-state index contributed by atoms with van der Waals surface area (Å²) in [6, 6.07) is 6.64. The van der Waals surface area contributed by atoms with Crippen molar-refractivity contribution in [2.45, 2.75) is 44.9 Å². The van der Waals surface area contributed by atoms with Crippen molar-refractivity contribution in [1.29, 1.82) is 0 Å². The normalized spacial score (nSPS) is 16.6. The lowest BCUT2D eigenvalue weighted by Gasteiger charge is -2.24. The summed E-state index contributed by atoms with van der Waals surface area (Å²) in [5.74, 6) is 0.976. The third-order valence-electron chi connectivity index (χ3n) is 3.86. The summed E-state index contributed by atoms with van der Waals surface area (Å²) in [6.07, 6.45) is 4.67. The zero-order valence-electron chi connectivity index (χ0n) is 12.7. The van der Waals surface area contributed by atoms with E-state index in [1.54, 1.807) is 6.07 Å². The molecule has 0 amide bonds. The van der Waals surface area contributed by atoms with Crippen LogP contribution in [0.25, 0.3) is 0 Å². The molecule has 0 aromatic heterocycles. The Morgan fingerprint density at radius 1 is 1.45 bits per heavy atom. The molecule has 4 heteroatoms. The number of halogens is 1. The molecule has 0 heterocycles. The third-order valence-corrected chi connectivity index (χ3v) is 4.68. The van der Waals surface area contributed by atoms with Gasteiger partial charge in [-0.15, -0.1) is 0 Å². The van der Waals surface area contributed by atoms with Crippen LogP contribution in [0.1, 0.15) is 30.9 Å². The van der Waals surface area contributed by atoms with E-state index in [0.717, 1.165) is 17.9 Å². The zero-order chi connectivity index (χ0) is 14.5. The van der Waals surface area contributed by atoms with Gasteiger partial charge in [0.2, 0.25) is 0 Å². The molecule has 1 aliphatic carbocycles. The molecular weight excluding hydrogens is 271 g/mol. The maximum atomic E-state index is 13.9. The summed E-state index contributed by atoms with van der Waals surface area (Å²) >= 11 is 1.83. The van der Waals surface area contributed by atoms with Crippen LogP contribution in [0.3, 0.4) is 0 Å². The minimum absolute atomic E-state index is 0.0941. The number of hydrogen-bond donors (Lipinski definition) is 1. The van der Waals surface area contributed by atoms with Crippen LogP contribution in [0.2, 0.25) is 0 Å². The molecule has 20 heavy (non-hydrogen) atoms. The SMILES string of the molecule is CSCC(C)N(C)Cc1cc(CNC2CC2)ccc1F. The summed E-state index contributed by atoms with van der Waals surface area (Å²) in [4.78, 5) is 2.22. The van der Waals surface area contributed by atoms with E-state index in [1.807, 2.05) is 23.9 Å². The lowest BCUT2D eigenvalue weighted by molar-refractivity contribution is 0.266.